The molecule has 4 N–H and O–H groups in total. The lowest BCUT2D eigenvalue weighted by Crippen LogP contribution is -2.48. The lowest BCUT2D eigenvalue weighted by atomic mass is 9.75. The molecule has 2 aromatic carbocycles. The van der Waals surface area contributed by atoms with E-state index in [9.17, 15) is 19.6 Å². The van der Waals surface area contributed by atoms with Gasteiger partial charge in [0.25, 0.3) is 0 Å². The zero-order valence-electron chi connectivity index (χ0n) is 14.3. The Kier molecular flexibility index (Phi) is 6.77. The van der Waals surface area contributed by atoms with Crippen molar-refractivity contribution in [2.75, 3.05) is 7.11 Å². The summed E-state index contributed by atoms with van der Waals surface area (Å²) in [6, 6.07) is 13.1. The molecule has 0 aliphatic rings. The molecule has 136 valence electrons. The summed E-state index contributed by atoms with van der Waals surface area (Å²) in [4.78, 5) is 23.3. The molecule has 0 spiro atoms. The summed E-state index contributed by atoms with van der Waals surface area (Å²) in [7, 11) is -0.250. The number of hydrogen-bond donors (Lipinski definition) is 4. The third kappa shape index (κ3) is 5.61. The Morgan fingerprint density at radius 2 is 1.81 bits per heavy atom. The van der Waals surface area contributed by atoms with E-state index in [4.69, 9.17) is 9.84 Å². The van der Waals surface area contributed by atoms with Crippen molar-refractivity contribution in [3.63, 3.8) is 0 Å². The highest BCUT2D eigenvalue weighted by atomic mass is 16.5. The number of carboxylic acid groups (broad SMARTS) is 1. The van der Waals surface area contributed by atoms with Crippen LogP contribution < -0.4 is 10.1 Å². The predicted molar refractivity (Wildman–Crippen MR) is 95.9 cm³/mol. The third-order valence-corrected chi connectivity index (χ3v) is 3.83. The molecule has 0 heterocycles. The van der Waals surface area contributed by atoms with Crippen molar-refractivity contribution in [1.29, 1.82) is 0 Å². The van der Waals surface area contributed by atoms with Gasteiger partial charge in [0.15, 0.2) is 0 Å². The highest BCUT2D eigenvalue weighted by molar-refractivity contribution is 6.43. The number of carbonyl (C=O) groups excluding carboxylic acids is 1. The molecule has 7 nitrogen and oxygen atoms in total. The lowest BCUT2D eigenvalue weighted by Gasteiger charge is -2.18. The molecule has 0 aromatic heterocycles. The van der Waals surface area contributed by atoms with Crippen LogP contribution in [0.15, 0.2) is 48.5 Å². The summed E-state index contributed by atoms with van der Waals surface area (Å²) in [5.74, 6) is -1.79. The second-order valence-electron chi connectivity index (χ2n) is 5.83. The third-order valence-electron chi connectivity index (χ3n) is 3.83. The van der Waals surface area contributed by atoms with Gasteiger partial charge in [-0.05, 0) is 41.8 Å². The molecule has 0 unspecified atom stereocenters. The van der Waals surface area contributed by atoms with E-state index >= 15 is 0 Å². The number of ether oxygens (including phenoxy) is 1. The first kappa shape index (κ1) is 19.5. The zero-order valence-corrected chi connectivity index (χ0v) is 14.3. The Morgan fingerprint density at radius 3 is 2.46 bits per heavy atom. The van der Waals surface area contributed by atoms with Gasteiger partial charge in [-0.15, -0.1) is 0 Å². The Hall–Kier alpha value is -2.84. The van der Waals surface area contributed by atoms with Crippen LogP contribution in [0.1, 0.15) is 21.5 Å². The van der Waals surface area contributed by atoms with Gasteiger partial charge in [-0.1, -0.05) is 24.3 Å². The first-order chi connectivity index (χ1) is 12.4. The largest absolute Gasteiger partial charge is 0.497 e. The van der Waals surface area contributed by atoms with Gasteiger partial charge in [-0.3, -0.25) is 4.79 Å². The topological polar surface area (TPSA) is 116 Å². The second kappa shape index (κ2) is 9.03. The van der Waals surface area contributed by atoms with E-state index in [2.05, 4.69) is 5.32 Å². The van der Waals surface area contributed by atoms with Crippen molar-refractivity contribution in [2.24, 2.45) is 0 Å². The fraction of sp³-hybridized carbons (Fsp3) is 0.222. The quantitative estimate of drug-likeness (QED) is 0.516. The zero-order chi connectivity index (χ0) is 19.1. The average Bonchev–Trinajstić information content (AvgIpc) is 2.61. The smallest absolute Gasteiger partial charge is 0.475 e. The number of aromatic carboxylic acids is 1. The van der Waals surface area contributed by atoms with E-state index < -0.39 is 19.0 Å². The second-order valence-corrected chi connectivity index (χ2v) is 5.83. The van der Waals surface area contributed by atoms with Crippen molar-refractivity contribution < 1.29 is 29.5 Å². The Morgan fingerprint density at radius 1 is 1.12 bits per heavy atom. The number of methoxy groups -OCH3 is 1. The lowest BCUT2D eigenvalue weighted by molar-refractivity contribution is -0.120. The number of carboxylic acids is 1. The minimum absolute atomic E-state index is 0.0512. The molecule has 0 radical (unpaired) electrons. The van der Waals surface area contributed by atoms with Crippen molar-refractivity contribution in [2.45, 2.75) is 18.8 Å². The number of benzene rings is 2. The van der Waals surface area contributed by atoms with Crippen LogP contribution in [0.4, 0.5) is 0 Å². The van der Waals surface area contributed by atoms with Crippen LogP contribution in [0.3, 0.4) is 0 Å². The van der Waals surface area contributed by atoms with Crippen LogP contribution in [0, 0.1) is 0 Å². The molecular formula is C18H20BNO6. The normalized spacial score (nSPS) is 11.5. The predicted octanol–water partition coefficient (Wildman–Crippen LogP) is 0.675. The maximum absolute atomic E-state index is 12.2. The fourth-order valence-electron chi connectivity index (χ4n) is 2.54. The van der Waals surface area contributed by atoms with Crippen LogP contribution >= 0.6 is 0 Å². The molecule has 0 bridgehead atoms. The number of rotatable bonds is 8. The van der Waals surface area contributed by atoms with Crippen molar-refractivity contribution in [3.8, 4) is 5.75 Å². The standard InChI is InChI=1S/C18H20BNO6/c1-26-15-7-3-5-13(9-15)11-17(21)20-16(19(24)25)10-12-4-2-6-14(8-12)18(22)23/h2-9,16,24-25H,10-11H2,1H3,(H,20,21)(H,22,23)/t16-/m0/s1. The van der Waals surface area contributed by atoms with Gasteiger partial charge in [0.05, 0.1) is 25.0 Å². The molecule has 2 rings (SSSR count). The maximum Gasteiger partial charge on any atom is 0.475 e. The molecule has 0 aliphatic heterocycles. The van der Waals surface area contributed by atoms with Gasteiger partial charge < -0.3 is 25.2 Å². The van der Waals surface area contributed by atoms with E-state index in [1.807, 2.05) is 0 Å². The average molecular weight is 357 g/mol. The van der Waals surface area contributed by atoms with Crippen molar-refractivity contribution in [1.82, 2.24) is 5.32 Å². The Bertz CT molecular complexity index is 780. The Balaban J connectivity index is 2.04. The van der Waals surface area contributed by atoms with Crippen LogP contribution in [0.2, 0.25) is 0 Å². The molecule has 8 heteroatoms. The molecule has 1 amide bonds. The van der Waals surface area contributed by atoms with E-state index in [1.165, 1.54) is 19.2 Å². The summed E-state index contributed by atoms with van der Waals surface area (Å²) in [6.07, 6.45) is 0.137. The van der Waals surface area contributed by atoms with Crippen LogP contribution in [-0.4, -0.2) is 47.2 Å². The molecule has 2 aromatic rings. The minimum Gasteiger partial charge on any atom is -0.497 e. The summed E-state index contributed by atoms with van der Waals surface area (Å²) >= 11 is 0. The highest BCUT2D eigenvalue weighted by Gasteiger charge is 2.26. The Labute approximate surface area is 151 Å². The van der Waals surface area contributed by atoms with E-state index in [1.54, 1.807) is 36.4 Å². The first-order valence-corrected chi connectivity index (χ1v) is 7.99. The fourth-order valence-corrected chi connectivity index (χ4v) is 2.54. The number of hydrogen-bond acceptors (Lipinski definition) is 5. The molecular weight excluding hydrogens is 337 g/mol. The number of nitrogens with one attached hydrogen (secondary N) is 1. The van der Waals surface area contributed by atoms with Crippen molar-refractivity contribution >= 4 is 19.0 Å². The molecule has 0 saturated heterocycles. The number of amides is 1. The van der Waals surface area contributed by atoms with Crippen LogP contribution in [0.25, 0.3) is 0 Å². The SMILES string of the molecule is COc1cccc(CC(=O)N[C@@H](Cc2cccc(C(=O)O)c2)B(O)O)c1. The van der Waals surface area contributed by atoms with Crippen molar-refractivity contribution in [3.05, 3.63) is 65.2 Å². The van der Waals surface area contributed by atoms with Crippen LogP contribution in [0.5, 0.6) is 5.75 Å². The molecule has 1 atom stereocenters. The van der Waals surface area contributed by atoms with E-state index in [0.717, 1.165) is 5.56 Å². The molecule has 0 fully saturated rings. The van der Waals surface area contributed by atoms with Gasteiger partial charge in [0.1, 0.15) is 5.75 Å². The first-order valence-electron chi connectivity index (χ1n) is 7.99. The minimum atomic E-state index is -1.78. The molecule has 26 heavy (non-hydrogen) atoms. The summed E-state index contributed by atoms with van der Waals surface area (Å²) in [5.41, 5.74) is 1.39. The van der Waals surface area contributed by atoms with E-state index in [-0.39, 0.29) is 24.3 Å². The van der Waals surface area contributed by atoms with Crippen LogP contribution in [-0.2, 0) is 17.6 Å². The monoisotopic (exact) mass is 357 g/mol. The summed E-state index contributed by atoms with van der Waals surface area (Å²) in [5, 5.41) is 30.7. The summed E-state index contributed by atoms with van der Waals surface area (Å²) < 4.78 is 5.11. The van der Waals surface area contributed by atoms with Gasteiger partial charge >= 0.3 is 13.1 Å². The number of carbonyl (C=O) groups is 2. The summed E-state index contributed by atoms with van der Waals surface area (Å²) in [6.45, 7) is 0. The van der Waals surface area contributed by atoms with Gasteiger partial charge in [-0.25, -0.2) is 4.79 Å². The molecule has 0 saturated carbocycles. The van der Waals surface area contributed by atoms with E-state index in [0.29, 0.717) is 11.3 Å². The van der Waals surface area contributed by atoms with Gasteiger partial charge in [0, 0.05) is 0 Å². The maximum atomic E-state index is 12.2. The van der Waals surface area contributed by atoms with Gasteiger partial charge in [0.2, 0.25) is 5.91 Å². The molecule has 0 aliphatic carbocycles. The highest BCUT2D eigenvalue weighted by Crippen LogP contribution is 2.13. The van der Waals surface area contributed by atoms with Gasteiger partial charge in [-0.2, -0.15) is 0 Å².